The maximum Gasteiger partial charge on any atom is 0.204 e. The van der Waals surface area contributed by atoms with E-state index in [1.165, 1.54) is 6.33 Å². The number of anilines is 2. The molecule has 38 heavy (non-hydrogen) atoms. The topological polar surface area (TPSA) is 134 Å². The Morgan fingerprint density at radius 1 is 1.16 bits per heavy atom. The largest absolute Gasteiger partial charge is 0.383 e. The third-order valence-electron chi connectivity index (χ3n) is 5.89. The van der Waals surface area contributed by atoms with Crippen LogP contribution in [0.5, 0.6) is 0 Å². The Balaban J connectivity index is 0.000000547. The van der Waals surface area contributed by atoms with E-state index in [1.807, 2.05) is 64.2 Å². The van der Waals surface area contributed by atoms with Crippen molar-refractivity contribution < 1.29 is 14.0 Å². The van der Waals surface area contributed by atoms with Crippen LogP contribution in [0.25, 0.3) is 22.4 Å². The van der Waals surface area contributed by atoms with Crippen molar-refractivity contribution in [3.8, 4) is 28.5 Å². The highest BCUT2D eigenvalue weighted by Gasteiger charge is 2.19. The van der Waals surface area contributed by atoms with Crippen LogP contribution >= 0.6 is 0 Å². The molecule has 3 aromatic rings. The number of primary amides is 1. The number of nitriles is 1. The van der Waals surface area contributed by atoms with E-state index in [0.29, 0.717) is 24.6 Å². The van der Waals surface area contributed by atoms with Gasteiger partial charge in [-0.2, -0.15) is 5.26 Å². The molecule has 8 nitrogen and oxygen atoms in total. The molecule has 4 rings (SSSR count). The van der Waals surface area contributed by atoms with E-state index >= 15 is 0 Å². The van der Waals surface area contributed by atoms with Gasteiger partial charge in [0.05, 0.1) is 22.9 Å². The van der Waals surface area contributed by atoms with Gasteiger partial charge < -0.3 is 21.2 Å². The minimum absolute atomic E-state index is 0.250. The van der Waals surface area contributed by atoms with Crippen molar-refractivity contribution >= 4 is 24.2 Å². The average Bonchev–Trinajstić information content (AvgIpc) is 3.76. The first-order chi connectivity index (χ1) is 18.2. The van der Waals surface area contributed by atoms with Crippen LogP contribution in [0.1, 0.15) is 38.7 Å². The Morgan fingerprint density at radius 3 is 2.42 bits per heavy atom. The number of hydrogen-bond donors (Lipinski definition) is 3. The van der Waals surface area contributed by atoms with Gasteiger partial charge in [0.1, 0.15) is 24.2 Å². The van der Waals surface area contributed by atoms with Gasteiger partial charge in [0.25, 0.3) is 0 Å². The Bertz CT molecular complexity index is 1270. The number of hydrogen-bond acceptors (Lipinski definition) is 7. The van der Waals surface area contributed by atoms with Crippen LogP contribution < -0.4 is 16.4 Å². The molecule has 1 aromatic heterocycles. The summed E-state index contributed by atoms with van der Waals surface area (Å²) < 4.78 is 14.5. The zero-order valence-electron chi connectivity index (χ0n) is 22.3. The maximum absolute atomic E-state index is 14.5. The van der Waals surface area contributed by atoms with E-state index in [4.69, 9.17) is 10.1 Å². The van der Waals surface area contributed by atoms with Crippen LogP contribution in [0, 0.1) is 35.4 Å². The van der Waals surface area contributed by atoms with E-state index in [1.54, 1.807) is 6.07 Å². The molecule has 0 radical (unpaired) electrons. The number of aldehydes is 1. The highest BCUT2D eigenvalue weighted by molar-refractivity contribution is 5.76. The van der Waals surface area contributed by atoms with Gasteiger partial charge in [-0.05, 0) is 74.9 Å². The number of aromatic nitrogens is 2. The molecule has 1 amide bonds. The van der Waals surface area contributed by atoms with E-state index in [-0.39, 0.29) is 12.2 Å². The lowest BCUT2D eigenvalue weighted by atomic mass is 9.91. The lowest BCUT2D eigenvalue weighted by molar-refractivity contribution is -0.109. The fraction of sp³-hybridized carbons (Fsp3) is 0.345. The molecule has 200 valence electrons. The van der Waals surface area contributed by atoms with Crippen molar-refractivity contribution in [3.05, 3.63) is 60.2 Å². The summed E-state index contributed by atoms with van der Waals surface area (Å²) in [5.74, 6) is 0.904. The summed E-state index contributed by atoms with van der Waals surface area (Å²) in [6, 6.07) is 15.6. The molecule has 0 aliphatic heterocycles. The first-order valence-electron chi connectivity index (χ1n) is 12.3. The Labute approximate surface area is 223 Å². The van der Waals surface area contributed by atoms with Gasteiger partial charge in [0, 0.05) is 31.1 Å². The Kier molecular flexibility index (Phi) is 11.4. The molecule has 0 saturated heterocycles. The predicted octanol–water partition coefficient (Wildman–Crippen LogP) is 5.35. The number of rotatable bonds is 8. The normalized spacial score (nSPS) is 12.0. The molecule has 0 atom stereocenters. The van der Waals surface area contributed by atoms with Crippen molar-refractivity contribution in [1.82, 2.24) is 9.97 Å². The van der Waals surface area contributed by atoms with E-state index in [0.717, 1.165) is 52.9 Å². The number of carbonyl (C=O) groups is 2. The molecular weight excluding hydrogens is 483 g/mol. The first kappa shape index (κ1) is 29.9. The van der Waals surface area contributed by atoms with Crippen LogP contribution in [0.15, 0.2) is 48.8 Å². The number of nitrogens with one attached hydrogen (secondary N) is 2. The van der Waals surface area contributed by atoms with Gasteiger partial charge in [0.15, 0.2) is 0 Å². The van der Waals surface area contributed by atoms with Gasteiger partial charge in [0.2, 0.25) is 6.41 Å². The molecule has 2 aromatic carbocycles. The van der Waals surface area contributed by atoms with Crippen LogP contribution in [0.4, 0.5) is 15.9 Å². The summed E-state index contributed by atoms with van der Waals surface area (Å²) >= 11 is 0. The van der Waals surface area contributed by atoms with Crippen LogP contribution in [0.2, 0.25) is 0 Å². The van der Waals surface area contributed by atoms with E-state index in [2.05, 4.69) is 32.4 Å². The van der Waals surface area contributed by atoms with Crippen molar-refractivity contribution in [2.75, 3.05) is 24.2 Å². The SMILES string of the molecule is CNc1cc(-c2cccc(-c3cc(NCCC(C)(C)C#N)c(F)cc3C)c2)ncn1.NC=O.O=CC1CC1. The third-order valence-corrected chi connectivity index (χ3v) is 5.89. The molecule has 1 saturated carbocycles. The van der Waals surface area contributed by atoms with Crippen molar-refractivity contribution in [1.29, 1.82) is 5.26 Å². The molecule has 0 spiro atoms. The van der Waals surface area contributed by atoms with E-state index in [9.17, 15) is 9.18 Å². The first-order valence-corrected chi connectivity index (χ1v) is 12.3. The van der Waals surface area contributed by atoms with Gasteiger partial charge >= 0.3 is 0 Å². The molecular formula is C29H35FN6O2. The molecule has 4 N–H and O–H groups in total. The number of halogens is 1. The Morgan fingerprint density at radius 2 is 1.84 bits per heavy atom. The van der Waals surface area contributed by atoms with Gasteiger partial charge in [-0.1, -0.05) is 18.2 Å². The Hall–Kier alpha value is -4.32. The minimum atomic E-state index is -0.449. The minimum Gasteiger partial charge on any atom is -0.383 e. The van der Waals surface area contributed by atoms with Crippen molar-refractivity contribution in [3.63, 3.8) is 0 Å². The third kappa shape index (κ3) is 9.28. The maximum atomic E-state index is 14.5. The summed E-state index contributed by atoms with van der Waals surface area (Å²) in [5.41, 5.74) is 8.71. The molecule has 1 heterocycles. The summed E-state index contributed by atoms with van der Waals surface area (Å²) in [4.78, 5) is 26.7. The number of benzene rings is 2. The quantitative estimate of drug-likeness (QED) is 0.342. The second-order valence-electron chi connectivity index (χ2n) is 9.55. The molecule has 0 bridgehead atoms. The molecule has 1 aliphatic carbocycles. The standard InChI is InChI=1S/C24H26FN5.C4H6O.CH3NO/c1-16-10-20(25)22(28-9-8-24(2,3)14-26)12-19(16)17-6-5-7-18(11-17)21-13-23(27-4)30-15-29-21;5-3-4-1-2-4;2-1-3/h5-7,10-13,15,28H,8-9H2,1-4H3,(H,27,29,30);3-4H,1-2H2;1H,(H2,2,3). The second kappa shape index (κ2) is 14.4. The number of nitrogens with two attached hydrogens (primary N) is 1. The number of amides is 1. The summed E-state index contributed by atoms with van der Waals surface area (Å²) in [7, 11) is 1.82. The number of carbonyl (C=O) groups excluding carboxylic acids is 2. The molecule has 1 fully saturated rings. The zero-order valence-corrected chi connectivity index (χ0v) is 22.3. The zero-order chi connectivity index (χ0) is 28.1. The van der Waals surface area contributed by atoms with Crippen LogP contribution in [-0.4, -0.2) is 36.3 Å². The molecule has 1 aliphatic rings. The van der Waals surface area contributed by atoms with Crippen molar-refractivity contribution in [2.24, 2.45) is 17.1 Å². The van der Waals surface area contributed by atoms with Crippen LogP contribution in [0.3, 0.4) is 0 Å². The van der Waals surface area contributed by atoms with Crippen LogP contribution in [-0.2, 0) is 9.59 Å². The van der Waals surface area contributed by atoms with Gasteiger partial charge in [-0.25, -0.2) is 14.4 Å². The number of aryl methyl sites for hydroxylation is 1. The monoisotopic (exact) mass is 518 g/mol. The highest BCUT2D eigenvalue weighted by atomic mass is 19.1. The second-order valence-corrected chi connectivity index (χ2v) is 9.55. The lowest BCUT2D eigenvalue weighted by Crippen LogP contribution is -2.15. The van der Waals surface area contributed by atoms with Gasteiger partial charge in [-0.15, -0.1) is 0 Å². The fourth-order valence-electron chi connectivity index (χ4n) is 3.42. The van der Waals surface area contributed by atoms with E-state index < -0.39 is 5.41 Å². The van der Waals surface area contributed by atoms with Crippen molar-refractivity contribution in [2.45, 2.75) is 40.0 Å². The average molecular weight is 519 g/mol. The van der Waals surface area contributed by atoms with Gasteiger partial charge in [-0.3, -0.25) is 4.79 Å². The fourth-order valence-corrected chi connectivity index (χ4v) is 3.42. The molecule has 9 heteroatoms. The smallest absolute Gasteiger partial charge is 0.204 e. The number of nitrogens with zero attached hydrogens (tertiary/aromatic N) is 3. The molecule has 0 unspecified atom stereocenters. The summed E-state index contributed by atoms with van der Waals surface area (Å²) in [6.45, 7) is 6.18. The summed E-state index contributed by atoms with van der Waals surface area (Å²) in [5, 5.41) is 15.3. The lowest BCUT2D eigenvalue weighted by Gasteiger charge is -2.17. The predicted molar refractivity (Wildman–Crippen MR) is 149 cm³/mol. The summed E-state index contributed by atoms with van der Waals surface area (Å²) in [6.07, 6.45) is 5.72. The highest BCUT2D eigenvalue weighted by Crippen LogP contribution is 2.32.